The third kappa shape index (κ3) is 4.55. The summed E-state index contributed by atoms with van der Waals surface area (Å²) in [5.74, 6) is -0.512. The van der Waals surface area contributed by atoms with Crippen LogP contribution in [0.3, 0.4) is 0 Å². The zero-order valence-corrected chi connectivity index (χ0v) is 13.0. The van der Waals surface area contributed by atoms with Gasteiger partial charge in [0, 0.05) is 23.2 Å². The molecule has 3 nitrogen and oxygen atoms in total. The highest BCUT2D eigenvalue weighted by Gasteiger charge is 2.10. The minimum Gasteiger partial charge on any atom is -0.351 e. The molecular weight excluding hydrogens is 303 g/mol. The van der Waals surface area contributed by atoms with E-state index >= 15 is 0 Å². The van der Waals surface area contributed by atoms with Gasteiger partial charge in [0.15, 0.2) is 0 Å². The molecule has 0 saturated heterocycles. The quantitative estimate of drug-likeness (QED) is 0.856. The summed E-state index contributed by atoms with van der Waals surface area (Å²) in [4.78, 5) is 11.8. The Morgan fingerprint density at radius 2 is 1.86 bits per heavy atom. The van der Waals surface area contributed by atoms with Crippen molar-refractivity contribution >= 4 is 17.5 Å². The van der Waals surface area contributed by atoms with Crippen LogP contribution in [-0.4, -0.2) is 12.5 Å². The lowest BCUT2D eigenvalue weighted by Crippen LogP contribution is -2.34. The van der Waals surface area contributed by atoms with Gasteiger partial charge in [0.1, 0.15) is 5.82 Å². The minimum absolute atomic E-state index is 0.0482. The van der Waals surface area contributed by atoms with Gasteiger partial charge in [0.2, 0.25) is 5.91 Å². The summed E-state index contributed by atoms with van der Waals surface area (Å²) in [5.41, 5.74) is 1.40. The second-order valence-corrected chi connectivity index (χ2v) is 5.40. The van der Waals surface area contributed by atoms with Crippen molar-refractivity contribution in [2.45, 2.75) is 19.5 Å². The number of rotatable bonds is 6. The monoisotopic (exact) mass is 320 g/mol. The van der Waals surface area contributed by atoms with Crippen LogP contribution in [0.2, 0.25) is 5.02 Å². The van der Waals surface area contributed by atoms with E-state index in [1.54, 1.807) is 18.2 Å². The van der Waals surface area contributed by atoms with E-state index in [4.69, 9.17) is 11.6 Å². The predicted molar refractivity (Wildman–Crippen MR) is 86.1 cm³/mol. The second kappa shape index (κ2) is 7.92. The lowest BCUT2D eigenvalue weighted by molar-refractivity contribution is -0.120. The van der Waals surface area contributed by atoms with Crippen molar-refractivity contribution in [3.8, 4) is 0 Å². The van der Waals surface area contributed by atoms with E-state index in [0.29, 0.717) is 10.6 Å². The van der Waals surface area contributed by atoms with Crippen LogP contribution in [-0.2, 0) is 11.3 Å². The molecule has 5 heteroatoms. The van der Waals surface area contributed by atoms with Gasteiger partial charge in [-0.1, -0.05) is 48.0 Å². The molecule has 2 aromatic carbocycles. The maximum absolute atomic E-state index is 13.4. The molecular formula is C17H18ClFN2O. The SMILES string of the molecule is C[C@H](NCC(=O)NCc1ccccc1F)c1ccccc1Cl. The van der Waals surface area contributed by atoms with E-state index < -0.39 is 0 Å². The van der Waals surface area contributed by atoms with Crippen molar-refractivity contribution < 1.29 is 9.18 Å². The van der Waals surface area contributed by atoms with E-state index in [9.17, 15) is 9.18 Å². The third-order valence-corrected chi connectivity index (χ3v) is 3.72. The van der Waals surface area contributed by atoms with E-state index in [1.807, 2.05) is 31.2 Å². The van der Waals surface area contributed by atoms with Gasteiger partial charge in [0.05, 0.1) is 6.54 Å². The molecule has 0 aromatic heterocycles. The molecule has 0 fully saturated rings. The van der Waals surface area contributed by atoms with Gasteiger partial charge in [-0.25, -0.2) is 4.39 Å². The molecule has 1 atom stereocenters. The van der Waals surface area contributed by atoms with E-state index in [0.717, 1.165) is 5.56 Å². The zero-order valence-electron chi connectivity index (χ0n) is 12.3. The third-order valence-electron chi connectivity index (χ3n) is 3.37. The normalized spacial score (nSPS) is 12.0. The van der Waals surface area contributed by atoms with Gasteiger partial charge in [-0.2, -0.15) is 0 Å². The van der Waals surface area contributed by atoms with Crippen LogP contribution in [0.25, 0.3) is 0 Å². The molecule has 0 heterocycles. The highest BCUT2D eigenvalue weighted by atomic mass is 35.5. The van der Waals surface area contributed by atoms with E-state index in [-0.39, 0.29) is 30.9 Å². The van der Waals surface area contributed by atoms with Crippen LogP contribution in [0.1, 0.15) is 24.1 Å². The summed E-state index contributed by atoms with van der Waals surface area (Å²) in [7, 11) is 0. The van der Waals surface area contributed by atoms with Gasteiger partial charge in [0.25, 0.3) is 0 Å². The predicted octanol–water partition coefficient (Wildman–Crippen LogP) is 3.45. The van der Waals surface area contributed by atoms with Crippen LogP contribution in [0.15, 0.2) is 48.5 Å². The Kier molecular flexibility index (Phi) is 5.92. The van der Waals surface area contributed by atoms with Crippen LogP contribution in [0, 0.1) is 5.82 Å². The first-order valence-corrected chi connectivity index (χ1v) is 7.43. The van der Waals surface area contributed by atoms with Gasteiger partial charge >= 0.3 is 0 Å². The summed E-state index contributed by atoms with van der Waals surface area (Å²) in [6, 6.07) is 13.8. The standard InChI is InChI=1S/C17H18ClFN2O/c1-12(14-7-3-4-8-15(14)18)20-11-17(22)21-10-13-6-2-5-9-16(13)19/h2-9,12,20H,10-11H2,1H3,(H,21,22)/t12-/m0/s1. The lowest BCUT2D eigenvalue weighted by Gasteiger charge is -2.15. The van der Waals surface area contributed by atoms with Crippen LogP contribution >= 0.6 is 11.6 Å². The fraction of sp³-hybridized carbons (Fsp3) is 0.235. The average Bonchev–Trinajstić information content (AvgIpc) is 2.52. The lowest BCUT2D eigenvalue weighted by atomic mass is 10.1. The number of amides is 1. The number of benzene rings is 2. The Bertz CT molecular complexity index is 648. The molecule has 0 bridgehead atoms. The van der Waals surface area contributed by atoms with Crippen LogP contribution in [0.5, 0.6) is 0 Å². The molecule has 116 valence electrons. The molecule has 0 aliphatic carbocycles. The van der Waals surface area contributed by atoms with Crippen molar-refractivity contribution in [1.82, 2.24) is 10.6 Å². The van der Waals surface area contributed by atoms with Crippen molar-refractivity contribution in [2.75, 3.05) is 6.54 Å². The summed E-state index contributed by atoms with van der Waals surface area (Å²) in [6.45, 7) is 2.25. The Labute approximate surface area is 134 Å². The number of carbonyl (C=O) groups is 1. The van der Waals surface area contributed by atoms with Gasteiger partial charge in [-0.05, 0) is 24.6 Å². The highest BCUT2D eigenvalue weighted by molar-refractivity contribution is 6.31. The molecule has 0 radical (unpaired) electrons. The summed E-state index contributed by atoms with van der Waals surface area (Å²) < 4.78 is 13.4. The Morgan fingerprint density at radius 3 is 2.59 bits per heavy atom. The molecule has 0 aliphatic heterocycles. The van der Waals surface area contributed by atoms with Crippen LogP contribution < -0.4 is 10.6 Å². The summed E-state index contributed by atoms with van der Waals surface area (Å²) in [6.07, 6.45) is 0. The fourth-order valence-electron chi connectivity index (χ4n) is 2.08. The first-order chi connectivity index (χ1) is 10.6. The van der Waals surface area contributed by atoms with Gasteiger partial charge in [-0.15, -0.1) is 0 Å². The molecule has 2 N–H and O–H groups in total. The number of nitrogens with one attached hydrogen (secondary N) is 2. The maximum Gasteiger partial charge on any atom is 0.234 e. The molecule has 0 saturated carbocycles. The van der Waals surface area contributed by atoms with Gasteiger partial charge in [-0.3, -0.25) is 4.79 Å². The van der Waals surface area contributed by atoms with Gasteiger partial charge < -0.3 is 10.6 Å². The first-order valence-electron chi connectivity index (χ1n) is 7.06. The zero-order chi connectivity index (χ0) is 15.9. The molecule has 1 amide bonds. The number of hydrogen-bond donors (Lipinski definition) is 2. The Balaban J connectivity index is 1.81. The van der Waals surface area contributed by atoms with Crippen molar-refractivity contribution in [3.63, 3.8) is 0 Å². The maximum atomic E-state index is 13.4. The molecule has 0 spiro atoms. The van der Waals surface area contributed by atoms with E-state index in [2.05, 4.69) is 10.6 Å². The molecule has 0 aliphatic rings. The molecule has 2 rings (SSSR count). The largest absolute Gasteiger partial charge is 0.351 e. The summed E-state index contributed by atoms with van der Waals surface area (Å²) >= 11 is 6.11. The van der Waals surface area contributed by atoms with Crippen LogP contribution in [0.4, 0.5) is 4.39 Å². The number of hydrogen-bond acceptors (Lipinski definition) is 2. The Morgan fingerprint density at radius 1 is 1.18 bits per heavy atom. The number of halogens is 2. The van der Waals surface area contributed by atoms with Crippen molar-refractivity contribution in [1.29, 1.82) is 0 Å². The minimum atomic E-state index is -0.319. The Hall–Kier alpha value is -1.91. The summed E-state index contributed by atoms with van der Waals surface area (Å²) in [5, 5.41) is 6.45. The van der Waals surface area contributed by atoms with E-state index in [1.165, 1.54) is 6.07 Å². The van der Waals surface area contributed by atoms with Crippen molar-refractivity contribution in [2.24, 2.45) is 0 Å². The molecule has 2 aromatic rings. The average molecular weight is 321 g/mol. The second-order valence-electron chi connectivity index (χ2n) is 4.99. The number of carbonyl (C=O) groups excluding carboxylic acids is 1. The smallest absolute Gasteiger partial charge is 0.234 e. The highest BCUT2D eigenvalue weighted by Crippen LogP contribution is 2.21. The van der Waals surface area contributed by atoms with Crippen molar-refractivity contribution in [3.05, 3.63) is 70.5 Å². The first kappa shape index (κ1) is 16.5. The fourth-order valence-corrected chi connectivity index (χ4v) is 2.38. The topological polar surface area (TPSA) is 41.1 Å². The molecule has 22 heavy (non-hydrogen) atoms. The molecule has 0 unspecified atom stereocenters.